The van der Waals surface area contributed by atoms with Gasteiger partial charge in [0.25, 0.3) is 0 Å². The Morgan fingerprint density at radius 2 is 2.15 bits per heavy atom. The van der Waals surface area contributed by atoms with Crippen molar-refractivity contribution in [1.82, 2.24) is 10.2 Å². The van der Waals surface area contributed by atoms with E-state index in [9.17, 15) is 0 Å². The molecule has 0 aliphatic rings. The van der Waals surface area contributed by atoms with Gasteiger partial charge in [-0.3, -0.25) is 0 Å². The van der Waals surface area contributed by atoms with Crippen molar-refractivity contribution in [1.29, 1.82) is 0 Å². The Balaban J connectivity index is 1.66. The van der Waals surface area contributed by atoms with Crippen LogP contribution in [0.4, 0.5) is 0 Å². The lowest BCUT2D eigenvalue weighted by atomic mass is 10.2. The van der Waals surface area contributed by atoms with Crippen molar-refractivity contribution in [3.05, 3.63) is 55.6 Å². The summed E-state index contributed by atoms with van der Waals surface area (Å²) < 4.78 is 1.99. The molecule has 0 aliphatic heterocycles. The first kappa shape index (κ1) is 16.0. The van der Waals surface area contributed by atoms with Crippen LogP contribution >= 0.6 is 38.9 Å². The first-order valence-corrected chi connectivity index (χ1v) is 8.50. The van der Waals surface area contributed by atoms with Crippen molar-refractivity contribution in [2.75, 3.05) is 20.1 Å². The van der Waals surface area contributed by atoms with Crippen molar-refractivity contribution in [3.8, 4) is 0 Å². The molecule has 0 amide bonds. The van der Waals surface area contributed by atoms with Gasteiger partial charge in [-0.2, -0.15) is 0 Å². The average molecular weight is 374 g/mol. The van der Waals surface area contributed by atoms with Gasteiger partial charge in [-0.05, 0) is 36.9 Å². The molecular formula is C15H18BrClN2S. The Morgan fingerprint density at radius 1 is 1.30 bits per heavy atom. The van der Waals surface area contributed by atoms with E-state index < -0.39 is 0 Å². The van der Waals surface area contributed by atoms with Gasteiger partial charge >= 0.3 is 0 Å². The number of hydrogen-bond acceptors (Lipinski definition) is 3. The molecule has 0 radical (unpaired) electrons. The molecule has 0 fully saturated rings. The number of halogens is 2. The standard InChI is InChI=1S/C15H18BrClN2S/c1-19(11-12-3-2-4-13(16)9-12)8-7-18-10-14-5-6-15(17)20-14/h2-6,9,18H,7-8,10-11H2,1H3. The van der Waals surface area contributed by atoms with Gasteiger partial charge in [-0.25, -0.2) is 0 Å². The highest BCUT2D eigenvalue weighted by molar-refractivity contribution is 9.10. The second-order valence-corrected chi connectivity index (χ2v) is 7.47. The van der Waals surface area contributed by atoms with Gasteiger partial charge < -0.3 is 10.2 Å². The quantitative estimate of drug-likeness (QED) is 0.724. The zero-order valence-electron chi connectivity index (χ0n) is 11.4. The van der Waals surface area contributed by atoms with E-state index in [4.69, 9.17) is 11.6 Å². The maximum atomic E-state index is 5.91. The molecule has 20 heavy (non-hydrogen) atoms. The summed E-state index contributed by atoms with van der Waals surface area (Å²) in [5.74, 6) is 0. The molecule has 108 valence electrons. The van der Waals surface area contributed by atoms with Crippen molar-refractivity contribution < 1.29 is 0 Å². The van der Waals surface area contributed by atoms with Gasteiger partial charge in [0.1, 0.15) is 0 Å². The zero-order valence-corrected chi connectivity index (χ0v) is 14.6. The molecule has 0 atom stereocenters. The predicted molar refractivity (Wildman–Crippen MR) is 91.5 cm³/mol. The second kappa shape index (κ2) is 8.15. The summed E-state index contributed by atoms with van der Waals surface area (Å²) in [4.78, 5) is 3.60. The van der Waals surface area contributed by atoms with Crippen LogP contribution in [0, 0.1) is 0 Å². The Bertz CT molecular complexity index is 544. The minimum absolute atomic E-state index is 0.855. The first-order valence-electron chi connectivity index (χ1n) is 6.51. The fourth-order valence-corrected chi connectivity index (χ4v) is 3.46. The van der Waals surface area contributed by atoms with E-state index in [1.807, 2.05) is 6.07 Å². The smallest absolute Gasteiger partial charge is 0.0931 e. The maximum absolute atomic E-state index is 5.91. The number of rotatable bonds is 7. The van der Waals surface area contributed by atoms with Gasteiger partial charge in [0, 0.05) is 35.5 Å². The Hall–Kier alpha value is -0.390. The summed E-state index contributed by atoms with van der Waals surface area (Å²) in [5, 5.41) is 3.44. The SMILES string of the molecule is CN(CCNCc1ccc(Cl)s1)Cc1cccc(Br)c1. The fraction of sp³-hybridized carbons (Fsp3) is 0.333. The normalized spacial score (nSPS) is 11.2. The van der Waals surface area contributed by atoms with Crippen molar-refractivity contribution >= 4 is 38.9 Å². The molecule has 2 rings (SSSR count). The van der Waals surface area contributed by atoms with Crippen molar-refractivity contribution in [2.24, 2.45) is 0 Å². The molecular weight excluding hydrogens is 356 g/mol. The van der Waals surface area contributed by atoms with Crippen molar-refractivity contribution in [2.45, 2.75) is 13.1 Å². The Kier molecular flexibility index (Phi) is 6.52. The predicted octanol–water partition coefficient (Wildman–Crippen LogP) is 4.39. The highest BCUT2D eigenvalue weighted by atomic mass is 79.9. The Morgan fingerprint density at radius 3 is 2.85 bits per heavy atom. The molecule has 0 saturated carbocycles. The first-order chi connectivity index (χ1) is 9.63. The van der Waals surface area contributed by atoms with Crippen LogP contribution in [0.1, 0.15) is 10.4 Å². The monoisotopic (exact) mass is 372 g/mol. The minimum atomic E-state index is 0.855. The molecule has 0 saturated heterocycles. The van der Waals surface area contributed by atoms with Gasteiger partial charge in [-0.1, -0.05) is 39.7 Å². The molecule has 2 nitrogen and oxygen atoms in total. The third kappa shape index (κ3) is 5.54. The molecule has 0 bridgehead atoms. The summed E-state index contributed by atoms with van der Waals surface area (Å²) in [6.07, 6.45) is 0. The largest absolute Gasteiger partial charge is 0.311 e. The van der Waals surface area contributed by atoms with Crippen LogP contribution in [0.2, 0.25) is 4.34 Å². The highest BCUT2D eigenvalue weighted by Gasteiger charge is 2.01. The average Bonchev–Trinajstić information content (AvgIpc) is 2.80. The van der Waals surface area contributed by atoms with Crippen molar-refractivity contribution in [3.63, 3.8) is 0 Å². The third-order valence-corrected chi connectivity index (χ3v) is 4.66. The van der Waals surface area contributed by atoms with Crippen LogP contribution in [0.5, 0.6) is 0 Å². The molecule has 0 unspecified atom stereocenters. The summed E-state index contributed by atoms with van der Waals surface area (Å²) in [5.41, 5.74) is 1.33. The van der Waals surface area contributed by atoms with Crippen LogP contribution < -0.4 is 5.32 Å². The van der Waals surface area contributed by atoms with Gasteiger partial charge in [0.15, 0.2) is 0 Å². The van der Waals surface area contributed by atoms with Crippen LogP contribution in [0.3, 0.4) is 0 Å². The lowest BCUT2D eigenvalue weighted by Crippen LogP contribution is -2.28. The van der Waals surface area contributed by atoms with E-state index in [0.717, 1.165) is 35.0 Å². The molecule has 1 N–H and O–H groups in total. The summed E-state index contributed by atoms with van der Waals surface area (Å²) in [7, 11) is 2.14. The van der Waals surface area contributed by atoms with E-state index in [0.29, 0.717) is 0 Å². The van der Waals surface area contributed by atoms with E-state index in [1.54, 1.807) is 11.3 Å². The van der Waals surface area contributed by atoms with Crippen LogP contribution in [0.25, 0.3) is 0 Å². The van der Waals surface area contributed by atoms with E-state index in [2.05, 4.69) is 63.5 Å². The molecule has 1 heterocycles. The fourth-order valence-electron chi connectivity index (χ4n) is 1.95. The highest BCUT2D eigenvalue weighted by Crippen LogP contribution is 2.20. The molecule has 0 aliphatic carbocycles. The van der Waals surface area contributed by atoms with E-state index >= 15 is 0 Å². The lowest BCUT2D eigenvalue weighted by Gasteiger charge is -2.17. The molecule has 1 aromatic heterocycles. The number of nitrogens with zero attached hydrogens (tertiary/aromatic N) is 1. The number of thiophene rings is 1. The summed E-state index contributed by atoms with van der Waals surface area (Å²) >= 11 is 11.0. The van der Waals surface area contributed by atoms with Crippen LogP contribution in [-0.2, 0) is 13.1 Å². The molecule has 0 spiro atoms. The third-order valence-electron chi connectivity index (χ3n) is 2.94. The van der Waals surface area contributed by atoms with Gasteiger partial charge in [0.2, 0.25) is 0 Å². The van der Waals surface area contributed by atoms with Gasteiger partial charge in [-0.15, -0.1) is 11.3 Å². The molecule has 2 aromatic rings. The molecule has 5 heteroatoms. The number of benzene rings is 1. The number of hydrogen-bond donors (Lipinski definition) is 1. The lowest BCUT2D eigenvalue weighted by molar-refractivity contribution is 0.324. The summed E-state index contributed by atoms with van der Waals surface area (Å²) in [6, 6.07) is 12.5. The Labute approximate surface area is 137 Å². The van der Waals surface area contributed by atoms with Crippen LogP contribution in [0.15, 0.2) is 40.9 Å². The van der Waals surface area contributed by atoms with E-state index in [-0.39, 0.29) is 0 Å². The number of nitrogens with one attached hydrogen (secondary N) is 1. The molecule has 1 aromatic carbocycles. The van der Waals surface area contributed by atoms with E-state index in [1.165, 1.54) is 10.4 Å². The topological polar surface area (TPSA) is 15.3 Å². The van der Waals surface area contributed by atoms with Gasteiger partial charge in [0.05, 0.1) is 4.34 Å². The summed E-state index contributed by atoms with van der Waals surface area (Å²) in [6.45, 7) is 3.85. The zero-order chi connectivity index (χ0) is 14.4. The minimum Gasteiger partial charge on any atom is -0.311 e. The maximum Gasteiger partial charge on any atom is 0.0931 e. The second-order valence-electron chi connectivity index (χ2n) is 4.75. The number of likely N-dealkylation sites (N-methyl/N-ethyl adjacent to an activating group) is 1. The van der Waals surface area contributed by atoms with Crippen LogP contribution in [-0.4, -0.2) is 25.0 Å².